The molecule has 0 saturated carbocycles. The maximum Gasteiger partial charge on any atom is 0.181 e. The molecular formula is C13H19N3O. The molecule has 1 aromatic rings. The van der Waals surface area contributed by atoms with Crippen molar-refractivity contribution in [3.05, 3.63) is 23.5 Å². The van der Waals surface area contributed by atoms with Crippen molar-refractivity contribution in [2.24, 2.45) is 0 Å². The fourth-order valence-electron chi connectivity index (χ4n) is 1.43. The summed E-state index contributed by atoms with van der Waals surface area (Å²) in [7, 11) is 0. The number of hydrogen-bond acceptors (Lipinski definition) is 4. The van der Waals surface area contributed by atoms with E-state index in [1.807, 2.05) is 19.1 Å². The molecule has 0 aliphatic carbocycles. The van der Waals surface area contributed by atoms with Crippen molar-refractivity contribution in [1.29, 1.82) is 5.26 Å². The van der Waals surface area contributed by atoms with E-state index in [0.29, 0.717) is 12.3 Å². The second-order valence-corrected chi connectivity index (χ2v) is 3.96. The maximum atomic E-state index is 8.74. The smallest absolute Gasteiger partial charge is 0.181 e. The third kappa shape index (κ3) is 4.41. The van der Waals surface area contributed by atoms with Gasteiger partial charge in [-0.15, -0.1) is 0 Å². The number of ether oxygens (including phenoxy) is 1. The van der Waals surface area contributed by atoms with E-state index in [0.717, 1.165) is 24.4 Å². The lowest BCUT2D eigenvalue weighted by atomic mass is 10.2. The molecule has 1 unspecified atom stereocenters. The van der Waals surface area contributed by atoms with Gasteiger partial charge >= 0.3 is 0 Å². The van der Waals surface area contributed by atoms with Gasteiger partial charge in [-0.3, -0.25) is 4.98 Å². The van der Waals surface area contributed by atoms with Crippen LogP contribution in [-0.4, -0.2) is 17.6 Å². The van der Waals surface area contributed by atoms with Crippen LogP contribution in [0.4, 0.5) is 0 Å². The molecule has 17 heavy (non-hydrogen) atoms. The average molecular weight is 233 g/mol. The van der Waals surface area contributed by atoms with Crippen molar-refractivity contribution >= 4 is 0 Å². The Bertz CT molecular complexity index is 398. The molecule has 1 atom stereocenters. The number of nitriles is 1. The highest BCUT2D eigenvalue weighted by Gasteiger charge is 2.09. The van der Waals surface area contributed by atoms with Crippen molar-refractivity contribution < 1.29 is 4.74 Å². The van der Waals surface area contributed by atoms with Gasteiger partial charge in [0.2, 0.25) is 0 Å². The van der Waals surface area contributed by atoms with Crippen LogP contribution in [0.25, 0.3) is 0 Å². The molecule has 0 saturated heterocycles. The molecule has 1 aromatic heterocycles. The van der Waals surface area contributed by atoms with Crippen LogP contribution in [0.5, 0.6) is 5.75 Å². The monoisotopic (exact) mass is 233 g/mol. The minimum atomic E-state index is -0.454. The Kier molecular flexibility index (Phi) is 5.44. The summed E-state index contributed by atoms with van der Waals surface area (Å²) in [6, 6.07) is 5.82. The number of hydrogen-bond donors (Lipinski definition) is 1. The molecule has 0 amide bonds. The van der Waals surface area contributed by atoms with E-state index in [1.54, 1.807) is 6.92 Å². The Hall–Kier alpha value is -1.60. The summed E-state index contributed by atoms with van der Waals surface area (Å²) >= 11 is 0. The first-order chi connectivity index (χ1) is 8.17. The molecule has 4 nitrogen and oxygen atoms in total. The Morgan fingerprint density at radius 1 is 1.53 bits per heavy atom. The normalized spacial score (nSPS) is 11.9. The van der Waals surface area contributed by atoms with Crippen molar-refractivity contribution in [3.63, 3.8) is 0 Å². The van der Waals surface area contributed by atoms with Gasteiger partial charge < -0.3 is 10.1 Å². The van der Waals surface area contributed by atoms with Gasteiger partial charge in [-0.2, -0.15) is 5.26 Å². The molecule has 1 heterocycles. The molecule has 0 aliphatic heterocycles. The number of nitrogens with zero attached hydrogens (tertiary/aromatic N) is 2. The minimum Gasteiger partial charge on any atom is -0.474 e. The zero-order valence-electron chi connectivity index (χ0n) is 10.7. The fraction of sp³-hybridized carbons (Fsp3) is 0.538. The van der Waals surface area contributed by atoms with Gasteiger partial charge in [0.1, 0.15) is 11.8 Å². The summed E-state index contributed by atoms with van der Waals surface area (Å²) in [5.41, 5.74) is 1.82. The van der Waals surface area contributed by atoms with Crippen molar-refractivity contribution in [2.45, 2.75) is 39.8 Å². The standard InChI is InChI=1S/C13H19N3O/c1-4-7-15-9-12-13(17-11(3)8-14)6-5-10(2)16-12/h5-6,11,15H,4,7,9H2,1-3H3. The first-order valence-corrected chi connectivity index (χ1v) is 5.91. The van der Waals surface area contributed by atoms with Crippen LogP contribution in [0.1, 0.15) is 31.7 Å². The van der Waals surface area contributed by atoms with Crippen LogP contribution in [0.2, 0.25) is 0 Å². The summed E-state index contributed by atoms with van der Waals surface area (Å²) in [4.78, 5) is 4.44. The molecule has 0 fully saturated rings. The second kappa shape index (κ2) is 6.87. The zero-order chi connectivity index (χ0) is 12.7. The van der Waals surface area contributed by atoms with Crippen LogP contribution in [0.15, 0.2) is 12.1 Å². The predicted molar refractivity (Wildman–Crippen MR) is 66.7 cm³/mol. The van der Waals surface area contributed by atoms with Gasteiger partial charge in [0.05, 0.1) is 5.69 Å². The maximum absolute atomic E-state index is 8.74. The first-order valence-electron chi connectivity index (χ1n) is 5.91. The molecule has 4 heteroatoms. The highest BCUT2D eigenvalue weighted by atomic mass is 16.5. The van der Waals surface area contributed by atoms with Gasteiger partial charge in [-0.1, -0.05) is 6.92 Å². The summed E-state index contributed by atoms with van der Waals surface area (Å²) in [5.74, 6) is 0.688. The van der Waals surface area contributed by atoms with Crippen LogP contribution in [0.3, 0.4) is 0 Å². The number of nitrogens with one attached hydrogen (secondary N) is 1. The van der Waals surface area contributed by atoms with Gasteiger partial charge in [-0.05, 0) is 38.9 Å². The van der Waals surface area contributed by atoms with Gasteiger partial charge in [0, 0.05) is 12.2 Å². The van der Waals surface area contributed by atoms with E-state index in [4.69, 9.17) is 10.00 Å². The average Bonchev–Trinajstić information content (AvgIpc) is 2.32. The molecule has 0 spiro atoms. The molecule has 1 rings (SSSR count). The van der Waals surface area contributed by atoms with Crippen LogP contribution < -0.4 is 10.1 Å². The molecule has 0 radical (unpaired) electrons. The molecule has 92 valence electrons. The predicted octanol–water partition coefficient (Wildman–Crippen LogP) is 2.18. The summed E-state index contributed by atoms with van der Waals surface area (Å²) < 4.78 is 5.52. The quantitative estimate of drug-likeness (QED) is 0.765. The summed E-state index contributed by atoms with van der Waals surface area (Å²) in [6.07, 6.45) is 0.626. The molecule has 0 bridgehead atoms. The van der Waals surface area contributed by atoms with E-state index in [1.165, 1.54) is 0 Å². The largest absolute Gasteiger partial charge is 0.474 e. The first kappa shape index (κ1) is 13.5. The Morgan fingerprint density at radius 3 is 2.94 bits per heavy atom. The number of pyridine rings is 1. The van der Waals surface area contributed by atoms with E-state index in [9.17, 15) is 0 Å². The van der Waals surface area contributed by atoms with Crippen molar-refractivity contribution in [3.8, 4) is 11.8 Å². The third-order valence-corrected chi connectivity index (χ3v) is 2.28. The molecule has 0 aliphatic rings. The highest BCUT2D eigenvalue weighted by molar-refractivity contribution is 5.29. The van der Waals surface area contributed by atoms with Gasteiger partial charge in [0.25, 0.3) is 0 Å². The van der Waals surface area contributed by atoms with E-state index in [2.05, 4.69) is 23.3 Å². The summed E-state index contributed by atoms with van der Waals surface area (Å²) in [5, 5.41) is 12.0. The van der Waals surface area contributed by atoms with E-state index >= 15 is 0 Å². The molecule has 0 aromatic carbocycles. The number of rotatable bonds is 6. The number of aryl methyl sites for hydroxylation is 1. The SMILES string of the molecule is CCCNCc1nc(C)ccc1OC(C)C#N. The Balaban J connectivity index is 2.77. The van der Waals surface area contributed by atoms with Crippen LogP contribution >= 0.6 is 0 Å². The molecule has 1 N–H and O–H groups in total. The minimum absolute atomic E-state index is 0.454. The number of aromatic nitrogens is 1. The van der Waals surface area contributed by atoms with Gasteiger partial charge in [0.15, 0.2) is 6.10 Å². The Morgan fingerprint density at radius 2 is 2.29 bits per heavy atom. The second-order valence-electron chi connectivity index (χ2n) is 3.96. The third-order valence-electron chi connectivity index (χ3n) is 2.28. The molecular weight excluding hydrogens is 214 g/mol. The lowest BCUT2D eigenvalue weighted by molar-refractivity contribution is 0.271. The van der Waals surface area contributed by atoms with Crippen LogP contribution in [0, 0.1) is 18.3 Å². The highest BCUT2D eigenvalue weighted by Crippen LogP contribution is 2.18. The van der Waals surface area contributed by atoms with Crippen molar-refractivity contribution in [2.75, 3.05) is 6.54 Å². The zero-order valence-corrected chi connectivity index (χ0v) is 10.7. The lowest BCUT2D eigenvalue weighted by Crippen LogP contribution is -2.17. The topological polar surface area (TPSA) is 57.9 Å². The fourth-order valence-corrected chi connectivity index (χ4v) is 1.43. The van der Waals surface area contributed by atoms with E-state index < -0.39 is 6.10 Å². The van der Waals surface area contributed by atoms with Gasteiger partial charge in [-0.25, -0.2) is 0 Å². The lowest BCUT2D eigenvalue weighted by Gasteiger charge is -2.13. The van der Waals surface area contributed by atoms with Crippen molar-refractivity contribution in [1.82, 2.24) is 10.3 Å². The van der Waals surface area contributed by atoms with Crippen LogP contribution in [-0.2, 0) is 6.54 Å². The van der Waals surface area contributed by atoms with E-state index in [-0.39, 0.29) is 0 Å². The Labute approximate surface area is 103 Å². The summed E-state index contributed by atoms with van der Waals surface area (Å²) in [6.45, 7) is 7.40.